The molecule has 0 saturated carbocycles. The van der Waals surface area contributed by atoms with Crippen LogP contribution in [0.25, 0.3) is 5.65 Å². The van der Waals surface area contributed by atoms with Crippen LogP contribution < -0.4 is 5.32 Å². The number of ketones is 2. The molecule has 2 aromatic heterocycles. The second-order valence-electron chi connectivity index (χ2n) is 8.06. The number of ether oxygens (including phenoxy) is 1. The third-order valence-electron chi connectivity index (χ3n) is 5.69. The Balaban J connectivity index is 1.36. The van der Waals surface area contributed by atoms with Crippen molar-refractivity contribution >= 4 is 34.8 Å². The van der Waals surface area contributed by atoms with Gasteiger partial charge in [-0.2, -0.15) is 0 Å². The molecule has 1 aliphatic rings. The van der Waals surface area contributed by atoms with Crippen molar-refractivity contribution < 1.29 is 23.9 Å². The van der Waals surface area contributed by atoms with Crippen LogP contribution in [0.5, 0.6) is 0 Å². The van der Waals surface area contributed by atoms with Crippen molar-refractivity contribution in [3.63, 3.8) is 0 Å². The molecule has 0 fully saturated rings. The molecule has 1 N–H and O–H groups in total. The van der Waals surface area contributed by atoms with Gasteiger partial charge in [0.05, 0.1) is 11.3 Å². The van der Waals surface area contributed by atoms with Gasteiger partial charge in [0, 0.05) is 29.1 Å². The molecule has 1 atom stereocenters. The summed E-state index contributed by atoms with van der Waals surface area (Å²) in [5.41, 5.74) is 2.77. The number of fused-ring (bicyclic) bond motifs is 3. The number of carbonyl (C=O) groups is 4. The fraction of sp³-hybridized carbons (Fsp3) is 0.115. The maximum absolute atomic E-state index is 13.1. The smallest absolute Gasteiger partial charge is 0.359 e. The Morgan fingerprint density at radius 1 is 0.971 bits per heavy atom. The minimum atomic E-state index is -1.17. The number of pyridine rings is 1. The van der Waals surface area contributed by atoms with Crippen molar-refractivity contribution in [1.82, 2.24) is 9.38 Å². The molecule has 1 aliphatic carbocycles. The van der Waals surface area contributed by atoms with E-state index in [1.54, 1.807) is 47.0 Å². The van der Waals surface area contributed by atoms with Gasteiger partial charge in [-0.1, -0.05) is 36.4 Å². The minimum Gasteiger partial charge on any atom is -0.448 e. The number of aryl methyl sites for hydroxylation is 1. The van der Waals surface area contributed by atoms with Crippen LogP contribution in [0.1, 0.15) is 54.8 Å². The molecule has 1 unspecified atom stereocenters. The average molecular weight is 453 g/mol. The number of benzene rings is 2. The molecule has 5 rings (SSSR count). The highest BCUT2D eigenvalue weighted by Gasteiger charge is 2.32. The Bertz CT molecular complexity index is 1520. The standard InChI is InChI=1S/C26H19N3O5/c1-14-10-11-29-13-20(27-21(29)12-14)26(33)34-15(2)25(32)28-19-9-5-8-18-22(19)24(31)17-7-4-3-6-16(17)23(18)30/h3-13,15H,1-2H3,(H,28,32). The van der Waals surface area contributed by atoms with Crippen LogP contribution >= 0.6 is 0 Å². The normalized spacial score (nSPS) is 13.2. The van der Waals surface area contributed by atoms with E-state index in [4.69, 9.17) is 4.74 Å². The number of nitrogens with one attached hydrogen (secondary N) is 1. The van der Waals surface area contributed by atoms with Gasteiger partial charge in [0.2, 0.25) is 0 Å². The lowest BCUT2D eigenvalue weighted by Crippen LogP contribution is -2.31. The molecule has 2 heterocycles. The first-order valence-corrected chi connectivity index (χ1v) is 10.6. The topological polar surface area (TPSA) is 107 Å². The molecule has 4 aromatic rings. The van der Waals surface area contributed by atoms with E-state index in [1.807, 2.05) is 19.1 Å². The van der Waals surface area contributed by atoms with Gasteiger partial charge in [0.1, 0.15) is 5.65 Å². The first kappa shape index (κ1) is 21.3. The number of hydrogen-bond acceptors (Lipinski definition) is 6. The van der Waals surface area contributed by atoms with Crippen molar-refractivity contribution in [3.8, 4) is 0 Å². The van der Waals surface area contributed by atoms with E-state index in [2.05, 4.69) is 10.3 Å². The molecule has 0 spiro atoms. The van der Waals surface area contributed by atoms with Crippen LogP contribution in [0.3, 0.4) is 0 Å². The van der Waals surface area contributed by atoms with Crippen molar-refractivity contribution in [2.45, 2.75) is 20.0 Å². The lowest BCUT2D eigenvalue weighted by Gasteiger charge is -2.21. The molecule has 0 aliphatic heterocycles. The Morgan fingerprint density at radius 3 is 2.44 bits per heavy atom. The largest absolute Gasteiger partial charge is 0.448 e. The highest BCUT2D eigenvalue weighted by atomic mass is 16.5. The Hall–Kier alpha value is -4.59. The van der Waals surface area contributed by atoms with Crippen molar-refractivity contribution in [3.05, 3.63) is 101 Å². The van der Waals surface area contributed by atoms with E-state index < -0.39 is 18.0 Å². The summed E-state index contributed by atoms with van der Waals surface area (Å²) in [6.45, 7) is 3.34. The van der Waals surface area contributed by atoms with Crippen molar-refractivity contribution in [2.24, 2.45) is 0 Å². The van der Waals surface area contributed by atoms with E-state index in [0.29, 0.717) is 11.2 Å². The van der Waals surface area contributed by atoms with E-state index in [9.17, 15) is 19.2 Å². The number of carbonyl (C=O) groups excluding carboxylic acids is 4. The maximum Gasteiger partial charge on any atom is 0.359 e. The molecular weight excluding hydrogens is 434 g/mol. The number of esters is 1. The van der Waals surface area contributed by atoms with Gasteiger partial charge in [0.15, 0.2) is 23.4 Å². The minimum absolute atomic E-state index is 0.0692. The predicted molar refractivity (Wildman–Crippen MR) is 123 cm³/mol. The summed E-state index contributed by atoms with van der Waals surface area (Å²) in [6, 6.07) is 14.9. The summed E-state index contributed by atoms with van der Waals surface area (Å²) >= 11 is 0. The van der Waals surface area contributed by atoms with Gasteiger partial charge < -0.3 is 14.5 Å². The predicted octanol–water partition coefficient (Wildman–Crippen LogP) is 3.60. The van der Waals surface area contributed by atoms with Crippen molar-refractivity contribution in [2.75, 3.05) is 5.32 Å². The van der Waals surface area contributed by atoms with Crippen LogP contribution in [0.4, 0.5) is 5.69 Å². The van der Waals surface area contributed by atoms with Crippen LogP contribution in [0, 0.1) is 6.92 Å². The first-order chi connectivity index (χ1) is 16.3. The number of rotatable bonds is 4. The zero-order valence-electron chi connectivity index (χ0n) is 18.4. The number of nitrogens with zero attached hydrogens (tertiary/aromatic N) is 2. The van der Waals surface area contributed by atoms with Crippen molar-refractivity contribution in [1.29, 1.82) is 0 Å². The number of hydrogen-bond donors (Lipinski definition) is 1. The molecule has 8 nitrogen and oxygen atoms in total. The van der Waals surface area contributed by atoms with Gasteiger partial charge >= 0.3 is 5.97 Å². The molecule has 0 radical (unpaired) electrons. The molecule has 0 saturated heterocycles. The molecule has 34 heavy (non-hydrogen) atoms. The molecular formula is C26H19N3O5. The second-order valence-corrected chi connectivity index (χ2v) is 8.06. The number of imidazole rings is 1. The highest BCUT2D eigenvalue weighted by molar-refractivity contribution is 6.30. The third kappa shape index (κ3) is 3.55. The van der Waals surface area contributed by atoms with Crippen LogP contribution in [0.2, 0.25) is 0 Å². The zero-order valence-corrected chi connectivity index (χ0v) is 18.4. The monoisotopic (exact) mass is 453 g/mol. The highest BCUT2D eigenvalue weighted by Crippen LogP contribution is 2.32. The molecule has 168 valence electrons. The van der Waals surface area contributed by atoms with E-state index in [-0.39, 0.29) is 39.6 Å². The SMILES string of the molecule is Cc1ccn2cc(C(=O)OC(C)C(=O)Nc3cccc4c3C(=O)c3ccccc3C4=O)nc2c1. The summed E-state index contributed by atoms with van der Waals surface area (Å²) in [5, 5.41) is 2.63. The number of amides is 1. The molecule has 1 amide bonds. The van der Waals surface area contributed by atoms with Crippen LogP contribution in [0.15, 0.2) is 67.0 Å². The van der Waals surface area contributed by atoms with Crippen LogP contribution in [-0.2, 0) is 9.53 Å². The summed E-state index contributed by atoms with van der Waals surface area (Å²) in [6.07, 6.45) is 2.13. The average Bonchev–Trinajstić information content (AvgIpc) is 3.26. The Labute approximate surface area is 194 Å². The van der Waals surface area contributed by atoms with E-state index in [0.717, 1.165) is 5.56 Å². The third-order valence-corrected chi connectivity index (χ3v) is 5.69. The van der Waals surface area contributed by atoms with Crippen LogP contribution in [-0.4, -0.2) is 38.9 Å². The number of aromatic nitrogens is 2. The molecule has 2 aromatic carbocycles. The quantitative estimate of drug-likeness (QED) is 0.417. The van der Waals surface area contributed by atoms with Gasteiger partial charge in [-0.05, 0) is 37.6 Å². The summed E-state index contributed by atoms with van der Waals surface area (Å²) in [7, 11) is 0. The Morgan fingerprint density at radius 2 is 1.68 bits per heavy atom. The van der Waals surface area contributed by atoms with E-state index >= 15 is 0 Å². The zero-order chi connectivity index (χ0) is 24.0. The summed E-state index contributed by atoms with van der Waals surface area (Å²) in [4.78, 5) is 55.6. The lowest BCUT2D eigenvalue weighted by atomic mass is 9.83. The Kier molecular flexibility index (Phi) is 5.05. The van der Waals surface area contributed by atoms with Gasteiger partial charge in [-0.15, -0.1) is 0 Å². The van der Waals surface area contributed by atoms with Gasteiger partial charge in [-0.3, -0.25) is 14.4 Å². The number of anilines is 1. The first-order valence-electron chi connectivity index (χ1n) is 10.6. The fourth-order valence-corrected chi connectivity index (χ4v) is 3.94. The molecule has 0 bridgehead atoms. The lowest BCUT2D eigenvalue weighted by molar-refractivity contribution is -0.123. The van der Waals surface area contributed by atoms with Gasteiger partial charge in [0.25, 0.3) is 5.91 Å². The second kappa shape index (κ2) is 8.08. The van der Waals surface area contributed by atoms with E-state index in [1.165, 1.54) is 19.2 Å². The summed E-state index contributed by atoms with van der Waals surface area (Å²) in [5.74, 6) is -2.03. The fourth-order valence-electron chi connectivity index (χ4n) is 3.94. The summed E-state index contributed by atoms with van der Waals surface area (Å²) < 4.78 is 6.99. The van der Waals surface area contributed by atoms with Gasteiger partial charge in [-0.25, -0.2) is 9.78 Å². The maximum atomic E-state index is 13.1. The molecule has 8 heteroatoms.